The minimum atomic E-state index is -0.235. The molecule has 0 bridgehead atoms. The van der Waals surface area contributed by atoms with Gasteiger partial charge in [0, 0.05) is 17.6 Å². The van der Waals surface area contributed by atoms with Gasteiger partial charge in [-0.15, -0.1) is 10.2 Å². The number of thioether (sulfide) groups is 1. The highest BCUT2D eigenvalue weighted by molar-refractivity contribution is 8.15. The molecule has 1 fully saturated rings. The highest BCUT2D eigenvalue weighted by atomic mass is 35.5. The largest absolute Gasteiger partial charge is 0.486 e. The van der Waals surface area contributed by atoms with E-state index < -0.39 is 0 Å². The number of rotatable bonds is 9. The number of ether oxygens (including phenoxy) is 1. The van der Waals surface area contributed by atoms with E-state index in [0.29, 0.717) is 32.6 Å². The van der Waals surface area contributed by atoms with Crippen molar-refractivity contribution in [2.24, 2.45) is 5.10 Å². The van der Waals surface area contributed by atoms with Crippen LogP contribution in [-0.2, 0) is 11.4 Å². The van der Waals surface area contributed by atoms with Crippen LogP contribution in [0.1, 0.15) is 56.3 Å². The number of hydrogen-bond acceptors (Lipinski definition) is 7. The normalized spacial score (nSPS) is 14.2. The third-order valence-electron chi connectivity index (χ3n) is 6.74. The Bertz CT molecular complexity index is 1490. The molecule has 3 aromatic carbocycles. The Morgan fingerprint density at radius 3 is 2.48 bits per heavy atom. The first-order chi connectivity index (χ1) is 19.5. The van der Waals surface area contributed by atoms with Gasteiger partial charge in [0.2, 0.25) is 5.16 Å². The summed E-state index contributed by atoms with van der Waals surface area (Å²) in [6, 6.07) is 23.1. The number of anilines is 1. The van der Waals surface area contributed by atoms with E-state index in [9.17, 15) is 4.79 Å². The number of nitrogens with one attached hydrogen (secondary N) is 1. The SMILES string of the molecule is CC(=O)/C(=N/Nc1ccc(Cl)cc1Cl)Sc1nnc(COc2ccc(C3CCCCC3)cc2)n1-c1ccccc1. The van der Waals surface area contributed by atoms with Crippen LogP contribution >= 0.6 is 35.0 Å². The van der Waals surface area contributed by atoms with E-state index in [2.05, 4.69) is 32.9 Å². The van der Waals surface area contributed by atoms with Crippen molar-refractivity contribution in [3.05, 3.63) is 94.2 Å². The van der Waals surface area contributed by atoms with Crippen LogP contribution in [0.4, 0.5) is 5.69 Å². The van der Waals surface area contributed by atoms with Crippen LogP contribution < -0.4 is 10.2 Å². The number of para-hydroxylation sites is 1. The number of benzene rings is 3. The molecule has 0 saturated heterocycles. The summed E-state index contributed by atoms with van der Waals surface area (Å²) in [4.78, 5) is 12.5. The van der Waals surface area contributed by atoms with E-state index in [1.54, 1.807) is 18.2 Å². The fraction of sp³-hybridized carbons (Fsp3) is 0.267. The van der Waals surface area contributed by atoms with E-state index in [1.807, 2.05) is 47.0 Å². The van der Waals surface area contributed by atoms with E-state index in [-0.39, 0.29) is 17.4 Å². The molecule has 0 spiro atoms. The van der Waals surface area contributed by atoms with Gasteiger partial charge in [0.25, 0.3) is 0 Å². The van der Waals surface area contributed by atoms with Crippen molar-refractivity contribution in [2.45, 2.75) is 56.7 Å². The second-order valence-corrected chi connectivity index (χ2v) is 11.4. The smallest absolute Gasteiger partial charge is 0.202 e. The molecular weight excluding hydrogens is 565 g/mol. The molecule has 1 aliphatic carbocycles. The fourth-order valence-corrected chi connectivity index (χ4v) is 5.91. The molecule has 0 aliphatic heterocycles. The summed E-state index contributed by atoms with van der Waals surface area (Å²) < 4.78 is 7.99. The molecule has 10 heteroatoms. The number of halogens is 2. The fourth-order valence-electron chi connectivity index (χ4n) is 4.67. The summed E-state index contributed by atoms with van der Waals surface area (Å²) in [5.41, 5.74) is 5.61. The molecule has 0 radical (unpaired) electrons. The van der Waals surface area contributed by atoms with Gasteiger partial charge in [0.15, 0.2) is 16.7 Å². The average Bonchev–Trinajstić information content (AvgIpc) is 3.38. The Morgan fingerprint density at radius 2 is 1.77 bits per heavy atom. The molecule has 1 N–H and O–H groups in total. The number of aromatic nitrogens is 3. The van der Waals surface area contributed by atoms with Gasteiger partial charge in [0.05, 0.1) is 10.7 Å². The summed E-state index contributed by atoms with van der Waals surface area (Å²) in [7, 11) is 0. The van der Waals surface area contributed by atoms with Gasteiger partial charge in [-0.1, -0.05) is 72.8 Å². The number of Topliss-reactive ketones (excluding diaryl/α,β-unsaturated/α-hetero) is 1. The molecule has 1 aromatic heterocycles. The number of nitrogens with zero attached hydrogens (tertiary/aromatic N) is 4. The molecule has 1 heterocycles. The molecule has 1 saturated carbocycles. The third-order valence-corrected chi connectivity index (χ3v) is 8.30. The Morgan fingerprint density at radius 1 is 1.02 bits per heavy atom. The molecule has 4 aromatic rings. The van der Waals surface area contributed by atoms with Gasteiger partial charge >= 0.3 is 0 Å². The lowest BCUT2D eigenvalue weighted by Crippen LogP contribution is -2.11. The molecule has 40 heavy (non-hydrogen) atoms. The standard InChI is InChI=1S/C30H29Cl2N5O2S/c1-20(38)29(35-33-27-17-14-23(31)18-26(27)32)40-30-36-34-28(37(30)24-10-6-3-7-11-24)19-39-25-15-12-22(13-16-25)21-8-4-2-5-9-21/h3,6-7,10-18,21,33H,2,4-5,8-9,19H2,1H3/b35-29-. The van der Waals surface area contributed by atoms with Gasteiger partial charge in [0.1, 0.15) is 12.4 Å². The lowest BCUT2D eigenvalue weighted by molar-refractivity contribution is -0.110. The predicted octanol–water partition coefficient (Wildman–Crippen LogP) is 8.31. The predicted molar refractivity (Wildman–Crippen MR) is 162 cm³/mol. The van der Waals surface area contributed by atoms with Crippen LogP contribution in [0.5, 0.6) is 5.75 Å². The lowest BCUT2D eigenvalue weighted by Gasteiger charge is -2.22. The molecule has 7 nitrogen and oxygen atoms in total. The average molecular weight is 595 g/mol. The molecule has 206 valence electrons. The van der Waals surface area contributed by atoms with E-state index in [1.165, 1.54) is 44.6 Å². The number of hydrogen-bond donors (Lipinski definition) is 1. The van der Waals surface area contributed by atoms with Crippen molar-refractivity contribution < 1.29 is 9.53 Å². The molecule has 1 aliphatic rings. The first kappa shape index (κ1) is 28.2. The van der Waals surface area contributed by atoms with Gasteiger partial charge in [-0.3, -0.25) is 14.8 Å². The monoisotopic (exact) mass is 593 g/mol. The zero-order valence-electron chi connectivity index (χ0n) is 22.0. The van der Waals surface area contributed by atoms with E-state index in [4.69, 9.17) is 27.9 Å². The van der Waals surface area contributed by atoms with Crippen LogP contribution in [0.25, 0.3) is 5.69 Å². The topological polar surface area (TPSA) is 81.4 Å². The van der Waals surface area contributed by atoms with Crippen molar-refractivity contribution in [1.82, 2.24) is 14.8 Å². The van der Waals surface area contributed by atoms with Crippen molar-refractivity contribution >= 4 is 51.5 Å². The van der Waals surface area contributed by atoms with Crippen molar-refractivity contribution in [3.8, 4) is 11.4 Å². The Labute approximate surface area is 247 Å². The highest BCUT2D eigenvalue weighted by Gasteiger charge is 2.20. The second kappa shape index (κ2) is 13.4. The van der Waals surface area contributed by atoms with Gasteiger partial charge in [-0.05, 0) is 78.5 Å². The van der Waals surface area contributed by atoms with Crippen molar-refractivity contribution in [3.63, 3.8) is 0 Å². The molecule has 0 amide bonds. The zero-order chi connectivity index (χ0) is 27.9. The first-order valence-electron chi connectivity index (χ1n) is 13.2. The maximum Gasteiger partial charge on any atom is 0.202 e. The Kier molecular flexibility index (Phi) is 9.41. The minimum Gasteiger partial charge on any atom is -0.486 e. The summed E-state index contributed by atoms with van der Waals surface area (Å²) in [6.45, 7) is 1.65. The van der Waals surface area contributed by atoms with Crippen molar-refractivity contribution in [1.29, 1.82) is 0 Å². The molecule has 0 unspecified atom stereocenters. The van der Waals surface area contributed by atoms with E-state index >= 15 is 0 Å². The van der Waals surface area contributed by atoms with Crippen LogP contribution in [0.15, 0.2) is 83.1 Å². The zero-order valence-corrected chi connectivity index (χ0v) is 24.3. The summed E-state index contributed by atoms with van der Waals surface area (Å²) in [6.07, 6.45) is 6.47. The minimum absolute atomic E-state index is 0.196. The van der Waals surface area contributed by atoms with Crippen LogP contribution in [-0.4, -0.2) is 25.6 Å². The van der Waals surface area contributed by atoms with Gasteiger partial charge < -0.3 is 4.74 Å². The molecule has 5 rings (SSSR count). The Hall–Kier alpha value is -3.33. The number of carbonyl (C=O) groups excluding carboxylic acids is 1. The van der Waals surface area contributed by atoms with Crippen LogP contribution in [0.2, 0.25) is 10.0 Å². The third kappa shape index (κ3) is 7.05. The lowest BCUT2D eigenvalue weighted by atomic mass is 9.84. The number of hydrazone groups is 1. The van der Waals surface area contributed by atoms with Crippen LogP contribution in [0.3, 0.4) is 0 Å². The first-order valence-corrected chi connectivity index (χ1v) is 14.7. The van der Waals surface area contributed by atoms with E-state index in [0.717, 1.165) is 23.2 Å². The summed E-state index contributed by atoms with van der Waals surface area (Å²) in [5.74, 6) is 1.78. The maximum absolute atomic E-state index is 12.5. The quantitative estimate of drug-likeness (QED) is 0.0909. The molecular formula is C30H29Cl2N5O2S. The van der Waals surface area contributed by atoms with Gasteiger partial charge in [-0.25, -0.2) is 0 Å². The number of ketones is 1. The maximum atomic E-state index is 12.5. The van der Waals surface area contributed by atoms with Crippen LogP contribution in [0, 0.1) is 0 Å². The van der Waals surface area contributed by atoms with Gasteiger partial charge in [-0.2, -0.15) is 5.10 Å². The number of carbonyl (C=O) groups is 1. The highest BCUT2D eigenvalue weighted by Crippen LogP contribution is 2.33. The Balaban J connectivity index is 1.35. The second-order valence-electron chi connectivity index (χ2n) is 9.57. The summed E-state index contributed by atoms with van der Waals surface area (Å²) in [5, 5.41) is 14.7. The molecule has 0 atom stereocenters. The summed E-state index contributed by atoms with van der Waals surface area (Å²) >= 11 is 13.3. The van der Waals surface area contributed by atoms with Crippen molar-refractivity contribution in [2.75, 3.05) is 5.43 Å².